The number of hydrogen-bond donors (Lipinski definition) is 1. The van der Waals surface area contributed by atoms with E-state index in [0.29, 0.717) is 6.04 Å². The smallest absolute Gasteiger partial charge is 0.241 e. The van der Waals surface area contributed by atoms with Crippen molar-refractivity contribution in [2.24, 2.45) is 0 Å². The fourth-order valence-electron chi connectivity index (χ4n) is 3.00. The Labute approximate surface area is 115 Å². The number of rotatable bonds is 3. The molecule has 3 nitrogen and oxygen atoms in total. The maximum absolute atomic E-state index is 12.5. The van der Waals surface area contributed by atoms with Crippen LogP contribution in [0.25, 0.3) is 0 Å². The third kappa shape index (κ3) is 2.16. The number of amides is 1. The van der Waals surface area contributed by atoms with Gasteiger partial charge in [0.05, 0.1) is 6.04 Å². The summed E-state index contributed by atoms with van der Waals surface area (Å²) in [6.45, 7) is 4.17. The van der Waals surface area contributed by atoms with Gasteiger partial charge in [-0.15, -0.1) is 0 Å². The normalized spacial score (nSPS) is 27.7. The van der Waals surface area contributed by atoms with Gasteiger partial charge in [0.15, 0.2) is 0 Å². The van der Waals surface area contributed by atoms with Crippen LogP contribution in [0.5, 0.6) is 0 Å². The van der Waals surface area contributed by atoms with Crippen LogP contribution >= 0.6 is 0 Å². The van der Waals surface area contributed by atoms with Crippen LogP contribution in [0.1, 0.15) is 49.9 Å². The Morgan fingerprint density at radius 1 is 1.26 bits per heavy atom. The molecule has 1 saturated carbocycles. The average molecular weight is 258 g/mol. The van der Waals surface area contributed by atoms with Crippen molar-refractivity contribution < 1.29 is 4.79 Å². The van der Waals surface area contributed by atoms with Gasteiger partial charge in [0.2, 0.25) is 5.91 Å². The lowest BCUT2D eigenvalue weighted by molar-refractivity contribution is -0.134. The Kier molecular flexibility index (Phi) is 3.31. The zero-order valence-corrected chi connectivity index (χ0v) is 11.7. The topological polar surface area (TPSA) is 32.3 Å². The summed E-state index contributed by atoms with van der Waals surface area (Å²) >= 11 is 0. The molecule has 1 amide bonds. The van der Waals surface area contributed by atoms with Crippen molar-refractivity contribution in [3.05, 3.63) is 35.4 Å². The molecule has 1 aromatic rings. The van der Waals surface area contributed by atoms with Gasteiger partial charge in [-0.1, -0.05) is 36.8 Å². The number of aryl methyl sites for hydroxylation is 1. The van der Waals surface area contributed by atoms with E-state index >= 15 is 0 Å². The highest BCUT2D eigenvalue weighted by Crippen LogP contribution is 2.35. The summed E-state index contributed by atoms with van der Waals surface area (Å²) in [5.41, 5.74) is 2.47. The second-order valence-electron chi connectivity index (χ2n) is 5.77. The molecule has 19 heavy (non-hydrogen) atoms. The number of benzene rings is 1. The Bertz CT molecular complexity index is 464. The third-order valence-corrected chi connectivity index (χ3v) is 4.46. The molecule has 0 bridgehead atoms. The molecule has 2 aliphatic rings. The zero-order valence-electron chi connectivity index (χ0n) is 11.7. The summed E-state index contributed by atoms with van der Waals surface area (Å²) in [5.74, 6) is 0.290. The molecule has 3 heteroatoms. The molecule has 102 valence electrons. The Morgan fingerprint density at radius 3 is 2.47 bits per heavy atom. The van der Waals surface area contributed by atoms with Crippen molar-refractivity contribution in [1.82, 2.24) is 10.2 Å². The van der Waals surface area contributed by atoms with Crippen LogP contribution in [0.4, 0.5) is 0 Å². The van der Waals surface area contributed by atoms with Gasteiger partial charge < -0.3 is 4.90 Å². The summed E-state index contributed by atoms with van der Waals surface area (Å²) in [7, 11) is 0. The van der Waals surface area contributed by atoms with Crippen molar-refractivity contribution in [2.45, 2.75) is 57.8 Å². The first kappa shape index (κ1) is 12.7. The molecule has 1 aliphatic heterocycles. The third-order valence-electron chi connectivity index (χ3n) is 4.46. The van der Waals surface area contributed by atoms with Gasteiger partial charge in [0.25, 0.3) is 0 Å². The maximum atomic E-state index is 12.5. The molecule has 0 aromatic heterocycles. The number of carbonyl (C=O) groups is 1. The van der Waals surface area contributed by atoms with Gasteiger partial charge in [0, 0.05) is 6.04 Å². The molecule has 1 aromatic carbocycles. The van der Waals surface area contributed by atoms with Crippen LogP contribution in [-0.4, -0.2) is 22.9 Å². The van der Waals surface area contributed by atoms with Crippen LogP contribution in [-0.2, 0) is 4.79 Å². The largest absolute Gasteiger partial charge is 0.319 e. The summed E-state index contributed by atoms with van der Waals surface area (Å²) in [6.07, 6.45) is 4.51. The SMILES string of the molecule is CCC1NC(c2ccc(C)cc2)N(C2CCC2)C1=O. The first-order valence-corrected chi connectivity index (χ1v) is 7.35. The molecule has 0 spiro atoms. The number of hydrogen-bond acceptors (Lipinski definition) is 2. The van der Waals surface area contributed by atoms with Crippen LogP contribution in [0.3, 0.4) is 0 Å². The molecule has 1 heterocycles. The number of nitrogens with zero attached hydrogens (tertiary/aromatic N) is 1. The van der Waals surface area contributed by atoms with Crippen LogP contribution < -0.4 is 5.32 Å². The van der Waals surface area contributed by atoms with E-state index in [9.17, 15) is 4.79 Å². The molecule has 1 N–H and O–H groups in total. The molecule has 2 fully saturated rings. The molecule has 1 saturated heterocycles. The maximum Gasteiger partial charge on any atom is 0.241 e. The second-order valence-corrected chi connectivity index (χ2v) is 5.77. The fraction of sp³-hybridized carbons (Fsp3) is 0.562. The predicted octanol–water partition coefficient (Wildman–Crippen LogP) is 2.76. The van der Waals surface area contributed by atoms with E-state index in [4.69, 9.17) is 0 Å². The van der Waals surface area contributed by atoms with E-state index in [1.165, 1.54) is 17.5 Å². The van der Waals surface area contributed by atoms with E-state index in [1.807, 2.05) is 0 Å². The fourth-order valence-corrected chi connectivity index (χ4v) is 3.00. The molecule has 2 atom stereocenters. The summed E-state index contributed by atoms with van der Waals surface area (Å²) in [5, 5.41) is 3.50. The van der Waals surface area contributed by atoms with Gasteiger partial charge in [0.1, 0.15) is 6.17 Å². The lowest BCUT2D eigenvalue weighted by Crippen LogP contribution is -2.44. The van der Waals surface area contributed by atoms with Crippen molar-refractivity contribution in [1.29, 1.82) is 0 Å². The highest BCUT2D eigenvalue weighted by molar-refractivity contribution is 5.85. The molecule has 2 unspecified atom stereocenters. The molecular weight excluding hydrogens is 236 g/mol. The van der Waals surface area contributed by atoms with E-state index in [0.717, 1.165) is 19.3 Å². The molecule has 0 radical (unpaired) electrons. The summed E-state index contributed by atoms with van der Waals surface area (Å²) < 4.78 is 0. The van der Waals surface area contributed by atoms with Gasteiger partial charge in [-0.2, -0.15) is 0 Å². The van der Waals surface area contributed by atoms with Gasteiger partial charge in [-0.25, -0.2) is 0 Å². The van der Waals surface area contributed by atoms with Gasteiger partial charge >= 0.3 is 0 Å². The van der Waals surface area contributed by atoms with Crippen LogP contribution in [0.15, 0.2) is 24.3 Å². The van der Waals surface area contributed by atoms with Crippen molar-refractivity contribution in [3.63, 3.8) is 0 Å². The molecular formula is C16H22N2O. The standard InChI is InChI=1S/C16H22N2O/c1-3-14-16(19)18(13-5-4-6-13)15(17-14)12-9-7-11(2)8-10-12/h7-10,13-15,17H,3-6H2,1-2H3. The van der Waals surface area contributed by atoms with E-state index in [1.54, 1.807) is 0 Å². The van der Waals surface area contributed by atoms with E-state index in [2.05, 4.69) is 48.3 Å². The lowest BCUT2D eigenvalue weighted by atomic mass is 9.90. The van der Waals surface area contributed by atoms with Gasteiger partial charge in [-0.05, 0) is 38.2 Å². The zero-order chi connectivity index (χ0) is 13.4. The highest BCUT2D eigenvalue weighted by atomic mass is 16.2. The first-order chi connectivity index (χ1) is 9.20. The minimum Gasteiger partial charge on any atom is -0.319 e. The number of nitrogens with one attached hydrogen (secondary N) is 1. The van der Waals surface area contributed by atoms with Gasteiger partial charge in [-0.3, -0.25) is 10.1 Å². The van der Waals surface area contributed by atoms with Crippen molar-refractivity contribution in [3.8, 4) is 0 Å². The number of carbonyl (C=O) groups excluding carboxylic acids is 1. The minimum absolute atomic E-state index is 0.00750. The quantitative estimate of drug-likeness (QED) is 0.904. The first-order valence-electron chi connectivity index (χ1n) is 7.35. The summed E-state index contributed by atoms with van der Waals surface area (Å²) in [6, 6.07) is 8.97. The predicted molar refractivity (Wildman–Crippen MR) is 75.6 cm³/mol. The summed E-state index contributed by atoms with van der Waals surface area (Å²) in [4.78, 5) is 14.6. The Morgan fingerprint density at radius 2 is 1.95 bits per heavy atom. The Hall–Kier alpha value is -1.35. The van der Waals surface area contributed by atoms with Crippen LogP contribution in [0, 0.1) is 6.92 Å². The lowest BCUT2D eigenvalue weighted by Gasteiger charge is -2.38. The Balaban J connectivity index is 1.89. The highest BCUT2D eigenvalue weighted by Gasteiger charge is 2.43. The molecule has 1 aliphatic carbocycles. The average Bonchev–Trinajstić information content (AvgIpc) is 2.67. The van der Waals surface area contributed by atoms with Crippen molar-refractivity contribution in [2.75, 3.05) is 0 Å². The second kappa shape index (κ2) is 4.97. The van der Waals surface area contributed by atoms with E-state index < -0.39 is 0 Å². The molecule has 3 rings (SSSR count). The van der Waals surface area contributed by atoms with E-state index in [-0.39, 0.29) is 18.1 Å². The van der Waals surface area contributed by atoms with Crippen LogP contribution in [0.2, 0.25) is 0 Å². The minimum atomic E-state index is -0.00750. The van der Waals surface area contributed by atoms with Crippen molar-refractivity contribution >= 4 is 5.91 Å². The monoisotopic (exact) mass is 258 g/mol.